The number of hydrogen-bond donors (Lipinski definition) is 1. The maximum Gasteiger partial charge on any atom is 0.270 e. The van der Waals surface area contributed by atoms with E-state index in [4.69, 9.17) is 0 Å². The van der Waals surface area contributed by atoms with Crippen LogP contribution in [0, 0.1) is 17.0 Å². The molecule has 1 fully saturated rings. The molecule has 27 heavy (non-hydrogen) atoms. The Labute approximate surface area is 159 Å². The molecular weight excluding hydrogens is 364 g/mol. The second-order valence-corrected chi connectivity index (χ2v) is 7.63. The Balaban J connectivity index is 1.68. The van der Waals surface area contributed by atoms with Crippen molar-refractivity contribution in [2.45, 2.75) is 19.8 Å². The van der Waals surface area contributed by atoms with Crippen LogP contribution in [0.2, 0.25) is 0 Å². The number of aromatic nitrogens is 1. The molecule has 1 aliphatic heterocycles. The zero-order valence-corrected chi connectivity index (χ0v) is 15.6. The fraction of sp³-hybridized carbons (Fsp3) is 0.263. The van der Waals surface area contributed by atoms with Crippen molar-refractivity contribution < 1.29 is 9.72 Å². The first-order chi connectivity index (χ1) is 13.0. The third-order valence-electron chi connectivity index (χ3n) is 4.65. The van der Waals surface area contributed by atoms with Crippen molar-refractivity contribution in [1.82, 2.24) is 4.98 Å². The lowest BCUT2D eigenvalue weighted by Crippen LogP contribution is -2.23. The Morgan fingerprint density at radius 1 is 1.22 bits per heavy atom. The molecule has 0 atom stereocenters. The molecular formula is C19H18N4O3S. The summed E-state index contributed by atoms with van der Waals surface area (Å²) >= 11 is 1.39. The summed E-state index contributed by atoms with van der Waals surface area (Å²) in [5.74, 6) is -0.378. The van der Waals surface area contributed by atoms with Gasteiger partial charge in [0.05, 0.1) is 26.4 Å². The van der Waals surface area contributed by atoms with Crippen LogP contribution in [0.1, 0.15) is 28.8 Å². The fourth-order valence-electron chi connectivity index (χ4n) is 3.30. The molecule has 1 amide bonds. The summed E-state index contributed by atoms with van der Waals surface area (Å²) in [6, 6.07) is 10.4. The molecule has 2 aromatic carbocycles. The number of carbonyl (C=O) groups is 1. The highest BCUT2D eigenvalue weighted by Crippen LogP contribution is 2.31. The number of non-ortho nitro benzene ring substituents is 1. The average molecular weight is 382 g/mol. The van der Waals surface area contributed by atoms with Crippen LogP contribution in [-0.4, -0.2) is 28.9 Å². The molecule has 1 saturated heterocycles. The number of anilines is 2. The van der Waals surface area contributed by atoms with Crippen LogP contribution >= 0.6 is 11.3 Å². The minimum absolute atomic E-state index is 0.0944. The lowest BCUT2D eigenvalue weighted by Gasteiger charge is -2.20. The van der Waals surface area contributed by atoms with E-state index in [1.165, 1.54) is 23.5 Å². The number of amides is 1. The lowest BCUT2D eigenvalue weighted by molar-refractivity contribution is -0.384. The maximum absolute atomic E-state index is 12.9. The second kappa shape index (κ2) is 6.96. The average Bonchev–Trinajstić information content (AvgIpc) is 3.30. The third-order valence-corrected chi connectivity index (χ3v) is 5.58. The standard InChI is InChI=1S/C19H18N4O3S/c1-12-4-6-15-17(10-12)27-19(20-15)21-18(24)14-11-13(23(25)26)5-7-16(14)22-8-2-3-9-22/h4-7,10-11H,2-3,8-9H2,1H3,(H,20,21,24). The van der Waals surface area contributed by atoms with Crippen LogP contribution in [0.5, 0.6) is 0 Å². The minimum atomic E-state index is -0.481. The van der Waals surface area contributed by atoms with Crippen LogP contribution in [0.25, 0.3) is 10.2 Å². The van der Waals surface area contributed by atoms with E-state index < -0.39 is 4.92 Å². The molecule has 1 aromatic heterocycles. The molecule has 2 heterocycles. The maximum atomic E-state index is 12.9. The first kappa shape index (κ1) is 17.4. The van der Waals surface area contributed by atoms with Gasteiger partial charge in [-0.05, 0) is 43.5 Å². The van der Waals surface area contributed by atoms with Gasteiger partial charge in [0.25, 0.3) is 11.6 Å². The minimum Gasteiger partial charge on any atom is -0.371 e. The van der Waals surface area contributed by atoms with Crippen LogP contribution < -0.4 is 10.2 Å². The van der Waals surface area contributed by atoms with Gasteiger partial charge in [-0.1, -0.05) is 17.4 Å². The number of fused-ring (bicyclic) bond motifs is 1. The first-order valence-corrected chi connectivity index (χ1v) is 9.55. The van der Waals surface area contributed by atoms with Crippen LogP contribution in [0.4, 0.5) is 16.5 Å². The molecule has 0 radical (unpaired) electrons. The van der Waals surface area contributed by atoms with Crippen molar-refractivity contribution in [3.8, 4) is 0 Å². The number of hydrogen-bond acceptors (Lipinski definition) is 6. The number of carbonyl (C=O) groups excluding carboxylic acids is 1. The summed E-state index contributed by atoms with van der Waals surface area (Å²) in [5.41, 5.74) is 2.89. The largest absolute Gasteiger partial charge is 0.371 e. The first-order valence-electron chi connectivity index (χ1n) is 8.73. The molecule has 0 spiro atoms. The van der Waals surface area contributed by atoms with Crippen molar-refractivity contribution >= 4 is 44.0 Å². The van der Waals surface area contributed by atoms with Gasteiger partial charge >= 0.3 is 0 Å². The van der Waals surface area contributed by atoms with Crippen LogP contribution in [-0.2, 0) is 0 Å². The summed E-state index contributed by atoms with van der Waals surface area (Å²) in [6.07, 6.45) is 2.10. The Bertz CT molecular complexity index is 1040. The van der Waals surface area contributed by atoms with Gasteiger partial charge in [0, 0.05) is 25.2 Å². The summed E-state index contributed by atoms with van der Waals surface area (Å²) in [5, 5.41) is 14.5. The van der Waals surface area contributed by atoms with Crippen molar-refractivity contribution in [1.29, 1.82) is 0 Å². The van der Waals surface area contributed by atoms with Gasteiger partial charge in [0.15, 0.2) is 5.13 Å². The van der Waals surface area contributed by atoms with Crippen molar-refractivity contribution in [3.05, 3.63) is 57.6 Å². The van der Waals surface area contributed by atoms with E-state index in [2.05, 4.69) is 15.2 Å². The number of nitrogens with zero attached hydrogens (tertiary/aromatic N) is 3. The van der Waals surface area contributed by atoms with E-state index in [9.17, 15) is 14.9 Å². The lowest BCUT2D eigenvalue weighted by atomic mass is 10.1. The van der Waals surface area contributed by atoms with Gasteiger partial charge in [-0.15, -0.1) is 0 Å². The number of nitro groups is 1. The molecule has 0 unspecified atom stereocenters. The molecule has 4 rings (SSSR count). The Hall–Kier alpha value is -3.00. The predicted molar refractivity (Wildman–Crippen MR) is 107 cm³/mol. The highest BCUT2D eigenvalue weighted by atomic mass is 32.1. The molecule has 0 aliphatic carbocycles. The molecule has 0 saturated carbocycles. The molecule has 7 nitrogen and oxygen atoms in total. The quantitative estimate of drug-likeness (QED) is 0.535. The number of rotatable bonds is 4. The monoisotopic (exact) mass is 382 g/mol. The van der Waals surface area contributed by atoms with E-state index in [0.29, 0.717) is 10.7 Å². The molecule has 8 heteroatoms. The number of aryl methyl sites for hydroxylation is 1. The van der Waals surface area contributed by atoms with Crippen molar-refractivity contribution in [2.24, 2.45) is 0 Å². The smallest absolute Gasteiger partial charge is 0.270 e. The molecule has 138 valence electrons. The normalized spacial score (nSPS) is 13.9. The van der Waals surface area contributed by atoms with Crippen LogP contribution in [0.3, 0.4) is 0 Å². The van der Waals surface area contributed by atoms with E-state index in [1.807, 2.05) is 25.1 Å². The number of nitrogens with one attached hydrogen (secondary N) is 1. The van der Waals surface area contributed by atoms with Gasteiger partial charge in [-0.3, -0.25) is 20.2 Å². The summed E-state index contributed by atoms with van der Waals surface area (Å²) < 4.78 is 0.990. The van der Waals surface area contributed by atoms with E-state index >= 15 is 0 Å². The van der Waals surface area contributed by atoms with Crippen molar-refractivity contribution in [2.75, 3.05) is 23.3 Å². The second-order valence-electron chi connectivity index (χ2n) is 6.60. The summed E-state index contributed by atoms with van der Waals surface area (Å²) in [6.45, 7) is 3.69. The summed E-state index contributed by atoms with van der Waals surface area (Å²) in [7, 11) is 0. The Kier molecular flexibility index (Phi) is 4.49. The molecule has 1 N–H and O–H groups in total. The summed E-state index contributed by atoms with van der Waals surface area (Å²) in [4.78, 5) is 30.1. The van der Waals surface area contributed by atoms with Gasteiger partial charge < -0.3 is 4.90 Å². The van der Waals surface area contributed by atoms with Gasteiger partial charge in [-0.25, -0.2) is 4.98 Å². The highest BCUT2D eigenvalue weighted by Gasteiger charge is 2.23. The van der Waals surface area contributed by atoms with Gasteiger partial charge in [-0.2, -0.15) is 0 Å². The number of thiazole rings is 1. The highest BCUT2D eigenvalue weighted by molar-refractivity contribution is 7.22. The molecule has 0 bridgehead atoms. The Morgan fingerprint density at radius 2 is 2.00 bits per heavy atom. The van der Waals surface area contributed by atoms with Crippen LogP contribution in [0.15, 0.2) is 36.4 Å². The SMILES string of the molecule is Cc1ccc2nc(NC(=O)c3cc([N+](=O)[O-])ccc3N3CCCC3)sc2c1. The third kappa shape index (κ3) is 3.48. The van der Waals surface area contributed by atoms with Gasteiger partial charge in [0.2, 0.25) is 0 Å². The van der Waals surface area contributed by atoms with E-state index in [-0.39, 0.29) is 11.6 Å². The zero-order chi connectivity index (χ0) is 19.0. The molecule has 3 aromatic rings. The van der Waals surface area contributed by atoms with Gasteiger partial charge in [0.1, 0.15) is 0 Å². The van der Waals surface area contributed by atoms with E-state index in [1.54, 1.807) is 6.07 Å². The van der Waals surface area contributed by atoms with Crippen molar-refractivity contribution in [3.63, 3.8) is 0 Å². The number of benzene rings is 2. The fourth-order valence-corrected chi connectivity index (χ4v) is 4.26. The Morgan fingerprint density at radius 3 is 2.74 bits per heavy atom. The zero-order valence-electron chi connectivity index (χ0n) is 14.8. The molecule has 1 aliphatic rings. The topological polar surface area (TPSA) is 88.4 Å². The number of nitro benzene ring substituents is 1. The van der Waals surface area contributed by atoms with E-state index in [0.717, 1.165) is 47.4 Å². The predicted octanol–water partition coefficient (Wildman–Crippen LogP) is 4.37.